The predicted molar refractivity (Wildman–Crippen MR) is 118 cm³/mol. The number of anilines is 1. The molecule has 11 heteroatoms. The zero-order valence-electron chi connectivity index (χ0n) is 17.4. The Bertz CT molecular complexity index is 1210. The van der Waals surface area contributed by atoms with Crippen molar-refractivity contribution in [3.63, 3.8) is 0 Å². The summed E-state index contributed by atoms with van der Waals surface area (Å²) in [6.07, 6.45) is -0.933. The molecule has 0 unspecified atom stereocenters. The number of rotatable bonds is 6. The number of imidazole rings is 1. The van der Waals surface area contributed by atoms with E-state index in [1.807, 2.05) is 4.90 Å². The first kappa shape index (κ1) is 21.4. The van der Waals surface area contributed by atoms with Gasteiger partial charge in [-0.1, -0.05) is 23.7 Å². The Morgan fingerprint density at radius 3 is 2.61 bits per heavy atom. The molecule has 1 aliphatic heterocycles. The van der Waals surface area contributed by atoms with Gasteiger partial charge in [0.15, 0.2) is 11.2 Å². The summed E-state index contributed by atoms with van der Waals surface area (Å²) in [4.78, 5) is 32.0. The molecule has 1 saturated heterocycles. The number of aliphatic hydroxyl groups is 1. The van der Waals surface area contributed by atoms with Crippen LogP contribution in [0.1, 0.15) is 0 Å². The van der Waals surface area contributed by atoms with Crippen molar-refractivity contribution in [3.05, 3.63) is 50.1 Å². The second-order valence-electron chi connectivity index (χ2n) is 7.53. The van der Waals surface area contributed by atoms with Crippen molar-refractivity contribution in [2.24, 2.45) is 14.1 Å². The monoisotopic (exact) mass is 448 g/mol. The zero-order chi connectivity index (χ0) is 22.1. The van der Waals surface area contributed by atoms with E-state index >= 15 is 0 Å². The van der Waals surface area contributed by atoms with Crippen LogP contribution >= 0.6 is 11.6 Å². The van der Waals surface area contributed by atoms with Crippen molar-refractivity contribution < 1.29 is 9.84 Å². The highest BCUT2D eigenvalue weighted by molar-refractivity contribution is 6.32. The van der Waals surface area contributed by atoms with Gasteiger partial charge in [0.05, 0.1) is 11.6 Å². The van der Waals surface area contributed by atoms with E-state index < -0.39 is 17.4 Å². The number of benzene rings is 1. The summed E-state index contributed by atoms with van der Waals surface area (Å²) in [5.41, 5.74) is -0.335. The minimum absolute atomic E-state index is 0.0174. The van der Waals surface area contributed by atoms with Crippen LogP contribution in [-0.2, 0) is 20.6 Å². The molecule has 4 rings (SSSR count). The summed E-state index contributed by atoms with van der Waals surface area (Å²) in [5.74, 6) is 1.02. The summed E-state index contributed by atoms with van der Waals surface area (Å²) < 4.78 is 9.75. The van der Waals surface area contributed by atoms with E-state index in [2.05, 4.69) is 10.3 Å². The Morgan fingerprint density at radius 2 is 1.90 bits per heavy atom. The summed E-state index contributed by atoms with van der Waals surface area (Å²) >= 11 is 6.11. The fourth-order valence-corrected chi connectivity index (χ4v) is 3.92. The fourth-order valence-electron chi connectivity index (χ4n) is 3.73. The molecular formula is C20H25ClN6O4. The Balaban J connectivity index is 1.71. The smallest absolute Gasteiger partial charge is 0.332 e. The number of ether oxygens (including phenoxy) is 1. The maximum Gasteiger partial charge on any atom is 0.332 e. The van der Waals surface area contributed by atoms with E-state index in [0.717, 1.165) is 17.7 Å². The van der Waals surface area contributed by atoms with Crippen LogP contribution in [0, 0.1) is 0 Å². The number of aliphatic hydroxyl groups excluding tert-OH is 1. The van der Waals surface area contributed by atoms with Crippen molar-refractivity contribution in [1.29, 1.82) is 0 Å². The van der Waals surface area contributed by atoms with Gasteiger partial charge in [-0.15, -0.1) is 0 Å². The van der Waals surface area contributed by atoms with Crippen molar-refractivity contribution >= 4 is 28.7 Å². The molecule has 1 aliphatic rings. The largest absolute Gasteiger partial charge is 0.489 e. The number of hydrogen-bond acceptors (Lipinski definition) is 7. The SMILES string of the molecule is Cn1c(=O)c2c(nc(N3CCNCC3)n2C[C@H](O)COc2ccccc2Cl)n(C)c1=O. The van der Waals surface area contributed by atoms with Crippen LogP contribution in [0.2, 0.25) is 5.02 Å². The van der Waals surface area contributed by atoms with E-state index in [-0.39, 0.29) is 18.7 Å². The maximum atomic E-state index is 13.0. The average molecular weight is 449 g/mol. The van der Waals surface area contributed by atoms with Crippen LogP contribution in [0.3, 0.4) is 0 Å². The van der Waals surface area contributed by atoms with E-state index in [0.29, 0.717) is 35.5 Å². The third-order valence-corrected chi connectivity index (χ3v) is 5.70. The van der Waals surface area contributed by atoms with Crippen LogP contribution in [0.4, 0.5) is 5.95 Å². The highest BCUT2D eigenvalue weighted by Gasteiger charge is 2.25. The molecule has 1 fully saturated rings. The Labute approximate surface area is 183 Å². The first-order valence-electron chi connectivity index (χ1n) is 10.1. The van der Waals surface area contributed by atoms with Crippen LogP contribution in [0.15, 0.2) is 33.9 Å². The molecule has 1 aromatic carbocycles. The van der Waals surface area contributed by atoms with Gasteiger partial charge in [0.25, 0.3) is 5.56 Å². The minimum Gasteiger partial charge on any atom is -0.489 e. The lowest BCUT2D eigenvalue weighted by Gasteiger charge is -2.29. The molecule has 10 nitrogen and oxygen atoms in total. The van der Waals surface area contributed by atoms with Crippen LogP contribution < -0.4 is 26.2 Å². The van der Waals surface area contributed by atoms with E-state index in [9.17, 15) is 14.7 Å². The van der Waals surface area contributed by atoms with Gasteiger partial charge in [-0.25, -0.2) is 4.79 Å². The van der Waals surface area contributed by atoms with Gasteiger partial charge in [0.2, 0.25) is 5.95 Å². The number of piperazine rings is 1. The standard InChI is InChI=1S/C20H25ClN6O4/c1-24-17-16(18(29)25(2)20(24)30)27(19(23-17)26-9-7-22-8-10-26)11-13(28)12-31-15-6-4-3-5-14(15)21/h3-6,13,22,28H,7-12H2,1-2H3/t13-/m0/s1. The third-order valence-electron chi connectivity index (χ3n) is 5.39. The fraction of sp³-hybridized carbons (Fsp3) is 0.450. The molecule has 0 spiro atoms. The van der Waals surface area contributed by atoms with Crippen molar-refractivity contribution in [2.45, 2.75) is 12.6 Å². The molecular weight excluding hydrogens is 424 g/mol. The van der Waals surface area contributed by atoms with Crippen LogP contribution in [-0.4, -0.2) is 62.7 Å². The lowest BCUT2D eigenvalue weighted by Crippen LogP contribution is -2.45. The Kier molecular flexibility index (Phi) is 6.03. The Hall–Kier alpha value is -2.82. The van der Waals surface area contributed by atoms with E-state index in [1.54, 1.807) is 35.9 Å². The zero-order valence-corrected chi connectivity index (χ0v) is 18.2. The highest BCUT2D eigenvalue weighted by atomic mass is 35.5. The molecule has 0 aliphatic carbocycles. The number of para-hydroxylation sites is 1. The molecule has 31 heavy (non-hydrogen) atoms. The molecule has 0 saturated carbocycles. The van der Waals surface area contributed by atoms with Crippen LogP contribution in [0.5, 0.6) is 5.75 Å². The van der Waals surface area contributed by atoms with Gasteiger partial charge in [-0.2, -0.15) is 4.98 Å². The number of fused-ring (bicyclic) bond motifs is 1. The predicted octanol–water partition coefficient (Wildman–Crippen LogP) is -0.0634. The lowest BCUT2D eigenvalue weighted by atomic mass is 10.3. The molecule has 1 atom stereocenters. The average Bonchev–Trinajstić information content (AvgIpc) is 3.15. The second-order valence-corrected chi connectivity index (χ2v) is 7.94. The van der Waals surface area contributed by atoms with Crippen molar-refractivity contribution in [3.8, 4) is 5.75 Å². The van der Waals surface area contributed by atoms with Gasteiger partial charge in [0.1, 0.15) is 18.5 Å². The number of aryl methyl sites for hydroxylation is 1. The number of hydrogen-bond donors (Lipinski definition) is 2. The molecule has 3 aromatic rings. The van der Waals surface area contributed by atoms with Gasteiger partial charge in [0, 0.05) is 40.3 Å². The molecule has 0 amide bonds. The highest BCUT2D eigenvalue weighted by Crippen LogP contribution is 2.24. The van der Waals surface area contributed by atoms with Crippen LogP contribution in [0.25, 0.3) is 11.2 Å². The Morgan fingerprint density at radius 1 is 1.19 bits per heavy atom. The molecule has 2 N–H and O–H groups in total. The second kappa shape index (κ2) is 8.74. The topological polar surface area (TPSA) is 107 Å². The van der Waals surface area contributed by atoms with E-state index in [4.69, 9.17) is 16.3 Å². The number of nitrogens with zero attached hydrogens (tertiary/aromatic N) is 5. The van der Waals surface area contributed by atoms with Gasteiger partial charge in [-0.05, 0) is 12.1 Å². The normalized spacial score (nSPS) is 15.4. The van der Waals surface area contributed by atoms with Crippen molar-refractivity contribution in [2.75, 3.05) is 37.7 Å². The third kappa shape index (κ3) is 4.06. The summed E-state index contributed by atoms with van der Waals surface area (Å²) in [6.45, 7) is 3.01. The van der Waals surface area contributed by atoms with Crippen molar-refractivity contribution in [1.82, 2.24) is 24.0 Å². The first-order chi connectivity index (χ1) is 14.9. The number of halogens is 1. The number of aromatic nitrogens is 4. The lowest BCUT2D eigenvalue weighted by molar-refractivity contribution is 0.0936. The van der Waals surface area contributed by atoms with Gasteiger partial charge < -0.3 is 24.6 Å². The maximum absolute atomic E-state index is 13.0. The molecule has 166 valence electrons. The van der Waals surface area contributed by atoms with E-state index in [1.165, 1.54) is 11.6 Å². The molecule has 3 heterocycles. The minimum atomic E-state index is -0.933. The molecule has 2 aromatic heterocycles. The molecule has 0 radical (unpaired) electrons. The van der Waals surface area contributed by atoms with Gasteiger partial charge in [-0.3, -0.25) is 13.9 Å². The molecule has 0 bridgehead atoms. The first-order valence-corrected chi connectivity index (χ1v) is 10.4. The van der Waals surface area contributed by atoms with Gasteiger partial charge >= 0.3 is 5.69 Å². The number of nitrogens with one attached hydrogen (secondary N) is 1. The summed E-state index contributed by atoms with van der Waals surface area (Å²) in [6, 6.07) is 7.02. The quantitative estimate of drug-likeness (QED) is 0.544. The summed E-state index contributed by atoms with van der Waals surface area (Å²) in [5, 5.41) is 14.4. The summed E-state index contributed by atoms with van der Waals surface area (Å²) in [7, 11) is 3.02.